The number of nitrogens with two attached hydrogens (primary N) is 1. The zero-order valence-electron chi connectivity index (χ0n) is 6.29. The molecule has 0 spiro atoms. The van der Waals surface area contributed by atoms with Gasteiger partial charge in [0.1, 0.15) is 0 Å². The van der Waals surface area contributed by atoms with Crippen LogP contribution in [0.3, 0.4) is 0 Å². The molecule has 1 aromatic rings. The number of hydrogen-bond acceptors (Lipinski definition) is 2. The third kappa shape index (κ3) is 1.86. The van der Waals surface area contributed by atoms with Crippen LogP contribution in [0.2, 0.25) is 0 Å². The molecule has 0 saturated heterocycles. The first-order valence-corrected chi connectivity index (χ1v) is 4.15. The highest BCUT2D eigenvalue weighted by Gasteiger charge is 1.99. The highest BCUT2D eigenvalue weighted by atomic mass is 79.9. The molecule has 0 radical (unpaired) electrons. The van der Waals surface area contributed by atoms with Crippen molar-refractivity contribution in [2.45, 2.75) is 0 Å². The van der Waals surface area contributed by atoms with Crippen molar-refractivity contribution in [3.8, 4) is 6.07 Å². The van der Waals surface area contributed by atoms with Crippen molar-refractivity contribution in [1.29, 1.82) is 5.26 Å². The Morgan fingerprint density at radius 1 is 1.50 bits per heavy atom. The van der Waals surface area contributed by atoms with E-state index in [1.54, 1.807) is 0 Å². The molecule has 12 heavy (non-hydrogen) atoms. The molecular weight excluding hydrogens is 216 g/mol. The van der Waals surface area contributed by atoms with Crippen LogP contribution >= 0.6 is 15.9 Å². The zero-order valence-corrected chi connectivity index (χ0v) is 7.88. The van der Waals surface area contributed by atoms with Gasteiger partial charge < -0.3 is 5.73 Å². The maximum atomic E-state index is 8.37. The van der Waals surface area contributed by atoms with E-state index < -0.39 is 0 Å². The Bertz CT molecular complexity index is 350. The summed E-state index contributed by atoms with van der Waals surface area (Å²) in [6, 6.07) is 9.39. The Kier molecular flexibility index (Phi) is 2.89. The maximum Gasteiger partial charge on any atom is 0.0933 e. The number of rotatable bonds is 1. The van der Waals surface area contributed by atoms with E-state index in [0.717, 1.165) is 10.0 Å². The lowest BCUT2D eigenvalue weighted by atomic mass is 10.1. The summed E-state index contributed by atoms with van der Waals surface area (Å²) in [6.45, 7) is 0. The maximum absolute atomic E-state index is 8.37. The monoisotopic (exact) mass is 222 g/mol. The standard InChI is InChI=1S/C9H7BrN2/c10-8-4-2-1-3-7(8)9(12)5-6-11/h1-5H,12H2/b9-5+. The first kappa shape index (κ1) is 8.82. The van der Waals surface area contributed by atoms with Gasteiger partial charge in [-0.05, 0) is 6.07 Å². The molecule has 0 bridgehead atoms. The molecule has 2 nitrogen and oxygen atoms in total. The summed E-state index contributed by atoms with van der Waals surface area (Å²) in [7, 11) is 0. The van der Waals surface area contributed by atoms with Crippen LogP contribution in [-0.2, 0) is 0 Å². The number of halogens is 1. The van der Waals surface area contributed by atoms with Crippen molar-refractivity contribution in [3.63, 3.8) is 0 Å². The van der Waals surface area contributed by atoms with Gasteiger partial charge in [-0.15, -0.1) is 0 Å². The Balaban J connectivity index is 3.13. The van der Waals surface area contributed by atoms with E-state index in [1.807, 2.05) is 30.3 Å². The quantitative estimate of drug-likeness (QED) is 0.742. The lowest BCUT2D eigenvalue weighted by Crippen LogP contribution is -1.96. The third-order valence-corrected chi connectivity index (χ3v) is 2.10. The molecule has 0 aliphatic carbocycles. The van der Waals surface area contributed by atoms with E-state index in [2.05, 4.69) is 15.9 Å². The lowest BCUT2D eigenvalue weighted by Gasteiger charge is -2.01. The predicted octanol–water partition coefficient (Wildman–Crippen LogP) is 2.27. The minimum absolute atomic E-state index is 0.477. The fourth-order valence-electron chi connectivity index (χ4n) is 0.843. The first-order valence-electron chi connectivity index (χ1n) is 3.36. The molecule has 0 unspecified atom stereocenters. The minimum Gasteiger partial charge on any atom is -0.398 e. The molecule has 0 heterocycles. The van der Waals surface area contributed by atoms with Gasteiger partial charge in [-0.2, -0.15) is 5.26 Å². The van der Waals surface area contributed by atoms with Crippen molar-refractivity contribution < 1.29 is 0 Å². The Morgan fingerprint density at radius 2 is 2.17 bits per heavy atom. The summed E-state index contributed by atoms with van der Waals surface area (Å²) in [5.74, 6) is 0. The normalized spacial score (nSPS) is 10.8. The smallest absolute Gasteiger partial charge is 0.0933 e. The second-order valence-electron chi connectivity index (χ2n) is 2.21. The van der Waals surface area contributed by atoms with E-state index in [1.165, 1.54) is 6.08 Å². The molecule has 2 N–H and O–H groups in total. The van der Waals surface area contributed by atoms with Crippen LogP contribution in [0.1, 0.15) is 5.56 Å². The van der Waals surface area contributed by atoms with Crippen LogP contribution in [0.4, 0.5) is 0 Å². The largest absolute Gasteiger partial charge is 0.398 e. The summed E-state index contributed by atoms with van der Waals surface area (Å²) in [4.78, 5) is 0. The highest BCUT2D eigenvalue weighted by molar-refractivity contribution is 9.10. The average molecular weight is 223 g/mol. The first-order chi connectivity index (χ1) is 5.75. The highest BCUT2D eigenvalue weighted by Crippen LogP contribution is 2.20. The van der Waals surface area contributed by atoms with Crippen LogP contribution in [0, 0.1) is 11.3 Å². The molecule has 0 fully saturated rings. The Morgan fingerprint density at radius 3 is 2.75 bits per heavy atom. The van der Waals surface area contributed by atoms with Gasteiger partial charge in [0, 0.05) is 16.1 Å². The van der Waals surface area contributed by atoms with E-state index in [9.17, 15) is 0 Å². The van der Waals surface area contributed by atoms with Crippen molar-refractivity contribution in [2.75, 3.05) is 0 Å². The van der Waals surface area contributed by atoms with Crippen LogP contribution in [-0.4, -0.2) is 0 Å². The SMILES string of the molecule is N#C/C=C(/N)c1ccccc1Br. The van der Waals surface area contributed by atoms with E-state index in [4.69, 9.17) is 11.0 Å². The minimum atomic E-state index is 0.477. The number of benzene rings is 1. The molecule has 0 amide bonds. The van der Waals surface area contributed by atoms with Gasteiger partial charge in [-0.1, -0.05) is 34.1 Å². The summed E-state index contributed by atoms with van der Waals surface area (Å²) in [5.41, 5.74) is 6.94. The van der Waals surface area contributed by atoms with Gasteiger partial charge >= 0.3 is 0 Å². The predicted molar refractivity (Wildman–Crippen MR) is 51.9 cm³/mol. The molecule has 1 rings (SSSR count). The van der Waals surface area contributed by atoms with E-state index >= 15 is 0 Å². The summed E-state index contributed by atoms with van der Waals surface area (Å²) in [5, 5.41) is 8.37. The molecule has 0 atom stereocenters. The summed E-state index contributed by atoms with van der Waals surface area (Å²) >= 11 is 3.34. The topological polar surface area (TPSA) is 49.8 Å². The Labute approximate surface area is 79.4 Å². The fourth-order valence-corrected chi connectivity index (χ4v) is 1.36. The van der Waals surface area contributed by atoms with Gasteiger partial charge in [0.25, 0.3) is 0 Å². The zero-order chi connectivity index (χ0) is 8.97. The van der Waals surface area contributed by atoms with Crippen LogP contribution in [0.5, 0.6) is 0 Å². The second kappa shape index (κ2) is 3.93. The van der Waals surface area contributed by atoms with Gasteiger partial charge in [0.15, 0.2) is 0 Å². The molecule has 0 aliphatic rings. The van der Waals surface area contributed by atoms with Gasteiger partial charge in [-0.3, -0.25) is 0 Å². The van der Waals surface area contributed by atoms with Crippen LogP contribution in [0.15, 0.2) is 34.8 Å². The fraction of sp³-hybridized carbons (Fsp3) is 0. The van der Waals surface area contributed by atoms with Crippen molar-refractivity contribution in [1.82, 2.24) is 0 Å². The lowest BCUT2D eigenvalue weighted by molar-refractivity contribution is 1.47. The number of hydrogen-bond donors (Lipinski definition) is 1. The average Bonchev–Trinajstić information content (AvgIpc) is 2.05. The molecule has 0 aliphatic heterocycles. The van der Waals surface area contributed by atoms with Crippen LogP contribution < -0.4 is 5.73 Å². The number of nitriles is 1. The number of allylic oxidation sites excluding steroid dienone is 1. The molecule has 1 aromatic carbocycles. The number of nitrogens with zero attached hydrogens (tertiary/aromatic N) is 1. The van der Waals surface area contributed by atoms with E-state index in [0.29, 0.717) is 5.70 Å². The second-order valence-corrected chi connectivity index (χ2v) is 3.06. The van der Waals surface area contributed by atoms with Crippen LogP contribution in [0.25, 0.3) is 5.70 Å². The third-order valence-electron chi connectivity index (χ3n) is 1.40. The van der Waals surface area contributed by atoms with Gasteiger partial charge in [0.05, 0.1) is 11.8 Å². The summed E-state index contributed by atoms with van der Waals surface area (Å²) < 4.78 is 0.897. The molecular formula is C9H7BrN2. The van der Waals surface area contributed by atoms with Crippen molar-refractivity contribution in [2.24, 2.45) is 5.73 Å². The Hall–Kier alpha value is -1.27. The van der Waals surface area contributed by atoms with Gasteiger partial charge in [0.2, 0.25) is 0 Å². The molecule has 0 aromatic heterocycles. The van der Waals surface area contributed by atoms with Crippen molar-refractivity contribution >= 4 is 21.6 Å². The molecule has 60 valence electrons. The van der Waals surface area contributed by atoms with E-state index in [-0.39, 0.29) is 0 Å². The molecule has 0 saturated carbocycles. The van der Waals surface area contributed by atoms with Crippen molar-refractivity contribution in [3.05, 3.63) is 40.4 Å². The molecule has 3 heteroatoms. The van der Waals surface area contributed by atoms with Gasteiger partial charge in [-0.25, -0.2) is 0 Å². The summed E-state index contributed by atoms with van der Waals surface area (Å²) in [6.07, 6.45) is 1.32.